The van der Waals surface area contributed by atoms with Crippen LogP contribution < -0.4 is 19.1 Å². The molecule has 0 atom stereocenters. The molecule has 2 aromatic carbocycles. The molecule has 2 aliphatic heterocycles. The number of halogens is 2. The number of carbonyl (C=O) groups excluding carboxylic acids is 1. The highest BCUT2D eigenvalue weighted by molar-refractivity contribution is 8.93. The lowest BCUT2D eigenvalue weighted by Crippen LogP contribution is -2.31. The van der Waals surface area contributed by atoms with E-state index in [0.717, 1.165) is 37.2 Å². The second-order valence-electron chi connectivity index (χ2n) is 11.2. The fraction of sp³-hybridized carbons (Fsp3) is 0.500. The molecule has 2 aromatic rings. The molecule has 0 aliphatic carbocycles. The third kappa shape index (κ3) is 6.97. The lowest BCUT2D eigenvalue weighted by atomic mass is 9.84. The first-order valence-corrected chi connectivity index (χ1v) is 13.6. The number of anilines is 1. The summed E-state index contributed by atoms with van der Waals surface area (Å²) in [6.07, 6.45) is 2.04. The smallest absolute Gasteiger partial charge is 0.329 e. The molecule has 0 saturated carbocycles. The fourth-order valence-electron chi connectivity index (χ4n) is 5.26. The zero-order valence-corrected chi connectivity index (χ0v) is 26.4. The van der Waals surface area contributed by atoms with Gasteiger partial charge in [-0.3, -0.25) is 10.2 Å². The first-order valence-electron chi connectivity index (χ1n) is 13.6. The van der Waals surface area contributed by atoms with Crippen molar-refractivity contribution in [3.05, 3.63) is 46.3 Å². The Kier molecular flexibility index (Phi) is 10.8. The van der Waals surface area contributed by atoms with Gasteiger partial charge in [-0.15, -0.1) is 17.0 Å². The SMILES string of the molecule is Br.COc1cc2c(c(F)c1OC)C(=N)N(CC(=O)c1cc(N3CCCC3)c(OCCOCC(=O)O)c(C(C)(C)C)c1)C2. The van der Waals surface area contributed by atoms with Crippen LogP contribution in [0.5, 0.6) is 17.2 Å². The summed E-state index contributed by atoms with van der Waals surface area (Å²) in [6, 6.07) is 5.30. The van der Waals surface area contributed by atoms with E-state index in [2.05, 4.69) is 4.90 Å². The summed E-state index contributed by atoms with van der Waals surface area (Å²) in [5, 5.41) is 17.5. The van der Waals surface area contributed by atoms with Crippen LogP contribution in [0.2, 0.25) is 0 Å². The number of amidine groups is 1. The Bertz CT molecular complexity index is 1340. The molecule has 0 spiro atoms. The van der Waals surface area contributed by atoms with Crippen molar-refractivity contribution in [1.29, 1.82) is 5.41 Å². The Morgan fingerprint density at radius 2 is 1.74 bits per heavy atom. The molecule has 42 heavy (non-hydrogen) atoms. The molecule has 0 radical (unpaired) electrons. The number of aliphatic carboxylic acids is 1. The number of rotatable bonds is 12. The Morgan fingerprint density at radius 1 is 1.05 bits per heavy atom. The van der Waals surface area contributed by atoms with Crippen LogP contribution >= 0.6 is 17.0 Å². The van der Waals surface area contributed by atoms with Gasteiger partial charge >= 0.3 is 5.97 Å². The maximum Gasteiger partial charge on any atom is 0.329 e. The van der Waals surface area contributed by atoms with Gasteiger partial charge in [0.15, 0.2) is 23.1 Å². The molecule has 12 heteroatoms. The number of methoxy groups -OCH3 is 2. The van der Waals surface area contributed by atoms with Crippen LogP contribution in [0.4, 0.5) is 10.1 Å². The van der Waals surface area contributed by atoms with E-state index < -0.39 is 18.4 Å². The monoisotopic (exact) mass is 651 g/mol. The molecule has 0 aromatic heterocycles. The molecular formula is C30H39BrFN3O7. The lowest BCUT2D eigenvalue weighted by Gasteiger charge is -2.29. The van der Waals surface area contributed by atoms with E-state index in [0.29, 0.717) is 16.9 Å². The predicted octanol–water partition coefficient (Wildman–Crippen LogP) is 4.82. The Labute approximate surface area is 256 Å². The summed E-state index contributed by atoms with van der Waals surface area (Å²) in [5.74, 6) is -1.19. The highest BCUT2D eigenvalue weighted by Gasteiger charge is 2.34. The maximum absolute atomic E-state index is 15.2. The van der Waals surface area contributed by atoms with Gasteiger partial charge in [0.05, 0.1) is 38.6 Å². The van der Waals surface area contributed by atoms with Crippen molar-refractivity contribution in [3.8, 4) is 17.2 Å². The molecule has 0 unspecified atom stereocenters. The van der Waals surface area contributed by atoms with Gasteiger partial charge in [0, 0.05) is 30.8 Å². The van der Waals surface area contributed by atoms with Crippen molar-refractivity contribution >= 4 is 40.3 Å². The van der Waals surface area contributed by atoms with Crippen molar-refractivity contribution in [1.82, 2.24) is 4.90 Å². The second kappa shape index (κ2) is 13.7. The third-order valence-corrected chi connectivity index (χ3v) is 7.29. The van der Waals surface area contributed by atoms with E-state index in [1.807, 2.05) is 32.9 Å². The van der Waals surface area contributed by atoms with Crippen LogP contribution in [0.25, 0.3) is 0 Å². The number of nitrogens with zero attached hydrogens (tertiary/aromatic N) is 2. The molecule has 230 valence electrons. The third-order valence-electron chi connectivity index (χ3n) is 7.29. The van der Waals surface area contributed by atoms with Gasteiger partial charge < -0.3 is 33.9 Å². The van der Waals surface area contributed by atoms with Gasteiger partial charge in [-0.1, -0.05) is 20.8 Å². The minimum absolute atomic E-state index is 0. The van der Waals surface area contributed by atoms with E-state index in [1.165, 1.54) is 14.2 Å². The predicted molar refractivity (Wildman–Crippen MR) is 162 cm³/mol. The first kappa shape index (κ1) is 33.1. The molecule has 1 fully saturated rings. The summed E-state index contributed by atoms with van der Waals surface area (Å²) in [5.41, 5.74) is 2.40. The zero-order valence-electron chi connectivity index (χ0n) is 24.7. The van der Waals surface area contributed by atoms with Crippen molar-refractivity contribution < 1.29 is 38.0 Å². The average molecular weight is 653 g/mol. The number of ether oxygens (including phenoxy) is 4. The van der Waals surface area contributed by atoms with Crippen LogP contribution in [0.1, 0.15) is 60.7 Å². The van der Waals surface area contributed by atoms with Crippen molar-refractivity contribution in [2.24, 2.45) is 0 Å². The van der Waals surface area contributed by atoms with Crippen LogP contribution in [-0.2, 0) is 21.5 Å². The number of nitrogens with one attached hydrogen (secondary N) is 1. The number of fused-ring (bicyclic) bond motifs is 1. The topological polar surface area (TPSA) is 122 Å². The van der Waals surface area contributed by atoms with Crippen LogP contribution in [0, 0.1) is 11.2 Å². The molecule has 1 saturated heterocycles. The number of carboxylic acids is 1. The van der Waals surface area contributed by atoms with Gasteiger partial charge in [-0.05, 0) is 42.0 Å². The molecule has 2 N–H and O–H groups in total. The normalized spacial score (nSPS) is 14.5. The average Bonchev–Trinajstić information content (AvgIpc) is 3.56. The summed E-state index contributed by atoms with van der Waals surface area (Å²) < 4.78 is 37.0. The zero-order chi connectivity index (χ0) is 29.9. The lowest BCUT2D eigenvalue weighted by molar-refractivity contribution is -0.142. The van der Waals surface area contributed by atoms with Gasteiger partial charge in [0.1, 0.15) is 24.8 Å². The highest BCUT2D eigenvalue weighted by atomic mass is 79.9. The van der Waals surface area contributed by atoms with E-state index in [-0.39, 0.29) is 77.4 Å². The second-order valence-corrected chi connectivity index (χ2v) is 11.2. The molecule has 10 nitrogen and oxygen atoms in total. The summed E-state index contributed by atoms with van der Waals surface area (Å²) in [4.78, 5) is 28.3. The van der Waals surface area contributed by atoms with Crippen molar-refractivity contribution in [2.75, 3.05) is 58.6 Å². The molecule has 2 aliphatic rings. The molecule has 4 rings (SSSR count). The Hall–Kier alpha value is -3.38. The number of hydrogen-bond acceptors (Lipinski definition) is 8. The van der Waals surface area contributed by atoms with Crippen LogP contribution in [0.15, 0.2) is 18.2 Å². The van der Waals surface area contributed by atoms with Gasteiger partial charge in [0.25, 0.3) is 0 Å². The van der Waals surface area contributed by atoms with Gasteiger partial charge in [-0.25, -0.2) is 9.18 Å². The summed E-state index contributed by atoms with van der Waals surface area (Å²) in [6.45, 7) is 7.71. The van der Waals surface area contributed by atoms with Crippen molar-refractivity contribution in [2.45, 2.75) is 45.6 Å². The number of ketones is 1. The van der Waals surface area contributed by atoms with E-state index in [9.17, 15) is 9.59 Å². The number of benzene rings is 2. The Balaban J connectivity index is 0.00000484. The molecule has 2 heterocycles. The number of carboxylic acid groups (broad SMARTS) is 1. The minimum atomic E-state index is -1.05. The number of hydrogen-bond donors (Lipinski definition) is 2. The quantitative estimate of drug-likeness (QED) is 0.246. The molecule has 0 amide bonds. The van der Waals surface area contributed by atoms with Gasteiger partial charge in [-0.2, -0.15) is 0 Å². The fourth-order valence-corrected chi connectivity index (χ4v) is 5.26. The summed E-state index contributed by atoms with van der Waals surface area (Å²) >= 11 is 0. The molecule has 0 bridgehead atoms. The number of Topliss-reactive ketones (excluding diaryl/α,β-unsaturated/α-hetero) is 1. The van der Waals surface area contributed by atoms with E-state index >= 15 is 4.39 Å². The van der Waals surface area contributed by atoms with E-state index in [4.69, 9.17) is 29.5 Å². The largest absolute Gasteiger partial charge is 0.493 e. The first-order chi connectivity index (χ1) is 19.5. The summed E-state index contributed by atoms with van der Waals surface area (Å²) in [7, 11) is 2.76. The maximum atomic E-state index is 15.2. The number of carbonyl (C=O) groups is 2. The molecular weight excluding hydrogens is 613 g/mol. The van der Waals surface area contributed by atoms with Crippen molar-refractivity contribution in [3.63, 3.8) is 0 Å². The van der Waals surface area contributed by atoms with Crippen LogP contribution in [0.3, 0.4) is 0 Å². The van der Waals surface area contributed by atoms with Gasteiger partial charge in [0.2, 0.25) is 0 Å². The Morgan fingerprint density at radius 3 is 2.33 bits per heavy atom. The standard InChI is InChI=1S/C30H38FN3O7.BrH/c1-30(2,3)20-12-18(13-21(33-8-6-7-9-33)27(20)41-11-10-40-17-24(36)37)22(35)16-34-15-19-14-23(38-4)28(39-5)26(31)25(19)29(34)32;/h12-14,32H,6-11,15-17H2,1-5H3,(H,36,37);1H. The van der Waals surface area contributed by atoms with E-state index in [1.54, 1.807) is 11.0 Å². The highest BCUT2D eigenvalue weighted by Crippen LogP contribution is 2.42. The minimum Gasteiger partial charge on any atom is -0.493 e. The van der Waals surface area contributed by atoms with Crippen LogP contribution in [-0.4, -0.2) is 81.3 Å².